The summed E-state index contributed by atoms with van der Waals surface area (Å²) in [6, 6.07) is 7.56. The zero-order valence-corrected chi connectivity index (χ0v) is 20.2. The van der Waals surface area contributed by atoms with Crippen molar-refractivity contribution in [2.24, 2.45) is 23.7 Å². The monoisotopic (exact) mass is 489 g/mol. The smallest absolute Gasteiger partial charge is 0.255 e. The molecule has 8 heteroatoms. The van der Waals surface area contributed by atoms with Gasteiger partial charge in [-0.1, -0.05) is 11.6 Å². The number of aryl methyl sites for hydroxylation is 1. The molecule has 1 aliphatic heterocycles. The molecule has 4 fully saturated rings. The van der Waals surface area contributed by atoms with Crippen LogP contribution >= 0.6 is 11.6 Å². The summed E-state index contributed by atoms with van der Waals surface area (Å²) in [7, 11) is 0. The lowest BCUT2D eigenvalue weighted by Crippen LogP contribution is -2.53. The molecule has 4 aromatic rings. The third kappa shape index (κ3) is 2.79. The molecule has 178 valence electrons. The molecule has 0 bridgehead atoms. The predicted octanol–water partition coefficient (Wildman–Crippen LogP) is 5.34. The second kappa shape index (κ2) is 6.84. The minimum Gasteiger partial charge on any atom is -0.335 e. The Kier molecular flexibility index (Phi) is 3.97. The van der Waals surface area contributed by atoms with Gasteiger partial charge in [0.05, 0.1) is 11.3 Å². The predicted molar refractivity (Wildman–Crippen MR) is 131 cm³/mol. The molecule has 6 nitrogen and oxygen atoms in total. The molecule has 4 aliphatic rings. The number of rotatable bonds is 4. The van der Waals surface area contributed by atoms with Crippen LogP contribution in [0, 0.1) is 36.4 Å². The Balaban J connectivity index is 1.23. The van der Waals surface area contributed by atoms with Crippen LogP contribution < -0.4 is 0 Å². The molecule has 8 rings (SSSR count). The third-order valence-corrected chi connectivity index (χ3v) is 9.24. The first kappa shape index (κ1) is 20.3. The summed E-state index contributed by atoms with van der Waals surface area (Å²) in [4.78, 5) is 20.0. The molecular formula is C27H25ClFN5O. The van der Waals surface area contributed by atoms with E-state index in [1.807, 2.05) is 17.9 Å². The van der Waals surface area contributed by atoms with E-state index < -0.39 is 5.82 Å². The van der Waals surface area contributed by atoms with Gasteiger partial charge in [-0.25, -0.2) is 13.9 Å². The Bertz CT molecular complexity index is 1570. The van der Waals surface area contributed by atoms with Crippen LogP contribution in [-0.2, 0) is 6.54 Å². The minimum absolute atomic E-state index is 0.0694. The fourth-order valence-electron chi connectivity index (χ4n) is 7.04. The summed E-state index contributed by atoms with van der Waals surface area (Å²) in [5.74, 6) is 2.27. The Labute approximate surface area is 206 Å². The van der Waals surface area contributed by atoms with Crippen molar-refractivity contribution in [3.8, 4) is 11.4 Å². The third-order valence-electron chi connectivity index (χ3n) is 9.03. The van der Waals surface area contributed by atoms with Gasteiger partial charge in [0.15, 0.2) is 0 Å². The molecule has 5 heterocycles. The lowest BCUT2D eigenvalue weighted by Gasteiger charge is -2.52. The average molecular weight is 490 g/mol. The number of hydrogen-bond donors (Lipinski definition) is 0. The zero-order chi connectivity index (χ0) is 23.6. The van der Waals surface area contributed by atoms with Crippen LogP contribution in [0.5, 0.6) is 0 Å². The number of amides is 1. The van der Waals surface area contributed by atoms with Crippen LogP contribution in [0.2, 0.25) is 5.15 Å². The highest BCUT2D eigenvalue weighted by atomic mass is 35.5. The van der Waals surface area contributed by atoms with E-state index in [1.165, 1.54) is 25.3 Å². The molecule has 4 atom stereocenters. The van der Waals surface area contributed by atoms with Crippen molar-refractivity contribution in [2.45, 2.75) is 45.2 Å². The first-order valence-electron chi connectivity index (χ1n) is 12.6. The SMILES string of the molecule is Cc1c(-c2cc3ccc(Cl)nc3n2CC2CC2)nn2cc(C(=O)N3CC4CC5CC3[C@H]54)cc(F)c12. The van der Waals surface area contributed by atoms with Gasteiger partial charge in [0.1, 0.15) is 27.8 Å². The van der Waals surface area contributed by atoms with Gasteiger partial charge in [0.25, 0.3) is 5.91 Å². The van der Waals surface area contributed by atoms with Gasteiger partial charge in [0.2, 0.25) is 0 Å². The maximum absolute atomic E-state index is 15.5. The molecule has 3 saturated carbocycles. The number of hydrogen-bond acceptors (Lipinski definition) is 3. The van der Waals surface area contributed by atoms with Crippen molar-refractivity contribution in [1.29, 1.82) is 0 Å². The van der Waals surface area contributed by atoms with Gasteiger partial charge >= 0.3 is 0 Å². The summed E-state index contributed by atoms with van der Waals surface area (Å²) in [5, 5.41) is 6.25. The molecule has 35 heavy (non-hydrogen) atoms. The number of halogens is 2. The van der Waals surface area contributed by atoms with E-state index in [9.17, 15) is 4.79 Å². The maximum atomic E-state index is 15.5. The fourth-order valence-corrected chi connectivity index (χ4v) is 7.18. The molecule has 1 amide bonds. The zero-order valence-electron chi connectivity index (χ0n) is 19.4. The first-order valence-corrected chi connectivity index (χ1v) is 13.0. The van der Waals surface area contributed by atoms with Gasteiger partial charge in [-0.15, -0.1) is 0 Å². The summed E-state index contributed by atoms with van der Waals surface area (Å²) in [6.07, 6.45) is 6.45. The molecule has 3 aliphatic carbocycles. The van der Waals surface area contributed by atoms with Crippen LogP contribution in [0.15, 0.2) is 30.5 Å². The van der Waals surface area contributed by atoms with Gasteiger partial charge in [-0.05, 0) is 80.5 Å². The molecule has 0 N–H and O–H groups in total. The van der Waals surface area contributed by atoms with E-state index in [1.54, 1.807) is 16.8 Å². The summed E-state index contributed by atoms with van der Waals surface area (Å²) >= 11 is 6.22. The highest BCUT2D eigenvalue weighted by molar-refractivity contribution is 6.29. The Morgan fingerprint density at radius 2 is 2.06 bits per heavy atom. The van der Waals surface area contributed by atoms with E-state index in [4.69, 9.17) is 16.7 Å². The Morgan fingerprint density at radius 3 is 2.83 bits per heavy atom. The molecule has 1 saturated heterocycles. The number of fused-ring (bicyclic) bond motifs is 2. The Morgan fingerprint density at radius 1 is 1.20 bits per heavy atom. The number of carbonyl (C=O) groups is 1. The van der Waals surface area contributed by atoms with Crippen LogP contribution in [0.4, 0.5) is 4.39 Å². The molecule has 3 unspecified atom stereocenters. The highest BCUT2D eigenvalue weighted by Crippen LogP contribution is 2.60. The van der Waals surface area contributed by atoms with Crippen LogP contribution in [-0.4, -0.2) is 42.6 Å². The van der Waals surface area contributed by atoms with Crippen molar-refractivity contribution < 1.29 is 9.18 Å². The second-order valence-corrected chi connectivity index (χ2v) is 11.5. The van der Waals surface area contributed by atoms with Crippen molar-refractivity contribution in [2.75, 3.05) is 6.54 Å². The maximum Gasteiger partial charge on any atom is 0.255 e. The van der Waals surface area contributed by atoms with Crippen molar-refractivity contribution in [1.82, 2.24) is 24.1 Å². The van der Waals surface area contributed by atoms with E-state index in [0.717, 1.165) is 47.7 Å². The molecule has 0 radical (unpaired) electrons. The number of nitrogens with zero attached hydrogens (tertiary/aromatic N) is 5. The molecule has 0 spiro atoms. The molecular weight excluding hydrogens is 465 g/mol. The van der Waals surface area contributed by atoms with E-state index >= 15 is 4.39 Å². The number of aromatic nitrogens is 4. The highest BCUT2D eigenvalue weighted by Gasteiger charge is 2.61. The molecule has 4 aromatic heterocycles. The van der Waals surface area contributed by atoms with Gasteiger partial charge in [0, 0.05) is 36.3 Å². The van der Waals surface area contributed by atoms with E-state index in [-0.39, 0.29) is 5.91 Å². The molecule has 0 aromatic carbocycles. The average Bonchev–Trinajstić information content (AvgIpc) is 3.48. The number of likely N-dealkylation sites (tertiary alicyclic amines) is 1. The van der Waals surface area contributed by atoms with E-state index in [2.05, 4.69) is 15.6 Å². The van der Waals surface area contributed by atoms with Crippen LogP contribution in [0.3, 0.4) is 0 Å². The first-order chi connectivity index (χ1) is 17.0. The quantitative estimate of drug-likeness (QED) is 0.363. The van der Waals surface area contributed by atoms with Crippen LogP contribution in [0.1, 0.15) is 41.6 Å². The van der Waals surface area contributed by atoms with Gasteiger partial charge in [-0.2, -0.15) is 5.10 Å². The minimum atomic E-state index is -0.410. The van der Waals surface area contributed by atoms with Crippen molar-refractivity contribution in [3.63, 3.8) is 0 Å². The van der Waals surface area contributed by atoms with Crippen molar-refractivity contribution >= 4 is 34.1 Å². The van der Waals surface area contributed by atoms with Crippen LogP contribution in [0.25, 0.3) is 27.9 Å². The topological polar surface area (TPSA) is 55.4 Å². The largest absolute Gasteiger partial charge is 0.335 e. The standard InChI is InChI=1S/C27H25ClFN5O/c1-13-24(21-8-15-4-5-22(28)30-26(15)32(21)10-14-2-3-14)31-34-12-18(7-19(29)25(13)34)27(35)33-11-17-6-16-9-20(33)23(16)17/h4-5,7-8,12,14,16-17,20,23H,2-3,6,9-11H2,1H3/t16?,17?,20?,23-/m1/s1. The summed E-state index contributed by atoms with van der Waals surface area (Å²) < 4.78 is 19.2. The van der Waals surface area contributed by atoms with Gasteiger partial charge < -0.3 is 9.47 Å². The lowest BCUT2D eigenvalue weighted by molar-refractivity contribution is -0.0204. The van der Waals surface area contributed by atoms with E-state index in [0.29, 0.717) is 45.7 Å². The summed E-state index contributed by atoms with van der Waals surface area (Å²) in [6.45, 7) is 3.55. The Hall–Kier alpha value is -2.93. The normalized spacial score (nSPS) is 26.8. The number of carbonyl (C=O) groups excluding carboxylic acids is 1. The number of pyridine rings is 2. The second-order valence-electron chi connectivity index (χ2n) is 11.1. The van der Waals surface area contributed by atoms with Gasteiger partial charge in [-0.3, -0.25) is 4.79 Å². The van der Waals surface area contributed by atoms with Crippen molar-refractivity contribution in [3.05, 3.63) is 52.6 Å². The summed E-state index contributed by atoms with van der Waals surface area (Å²) in [5.41, 5.74) is 4.00. The fraction of sp³-hybridized carbons (Fsp3) is 0.444. The lowest BCUT2D eigenvalue weighted by atomic mass is 9.53.